The molecule has 35 heavy (non-hydrogen) atoms. The van der Waals surface area contributed by atoms with Crippen molar-refractivity contribution < 1.29 is 19.0 Å². The highest BCUT2D eigenvalue weighted by Crippen LogP contribution is 2.37. The van der Waals surface area contributed by atoms with E-state index in [0.29, 0.717) is 16.6 Å². The molecule has 0 N–H and O–H groups in total. The Morgan fingerprint density at radius 3 is 2.43 bits per heavy atom. The van der Waals surface area contributed by atoms with Crippen molar-refractivity contribution in [1.29, 1.82) is 0 Å². The molecule has 1 fully saturated rings. The maximum Gasteiger partial charge on any atom is 0.338 e. The Morgan fingerprint density at radius 1 is 1.03 bits per heavy atom. The van der Waals surface area contributed by atoms with Crippen LogP contribution >= 0.6 is 23.2 Å². The third kappa shape index (κ3) is 5.41. The number of carbonyl (C=O) groups excluding carboxylic acids is 1. The van der Waals surface area contributed by atoms with Gasteiger partial charge in [-0.3, -0.25) is 0 Å². The molecule has 1 aliphatic rings. The fourth-order valence-corrected chi connectivity index (χ4v) is 4.59. The normalized spacial score (nSPS) is 19.5. The summed E-state index contributed by atoms with van der Waals surface area (Å²) in [5, 5.41) is 0.728. The number of hydrogen-bond donors (Lipinski definition) is 0. The highest BCUT2D eigenvalue weighted by Gasteiger charge is 2.44. The zero-order valence-corrected chi connectivity index (χ0v) is 20.2. The summed E-state index contributed by atoms with van der Waals surface area (Å²) in [6.07, 6.45) is 4.81. The molecule has 3 aromatic carbocycles. The van der Waals surface area contributed by atoms with Gasteiger partial charge in [-0.15, -0.1) is 0 Å². The third-order valence-corrected chi connectivity index (χ3v) is 6.18. The van der Waals surface area contributed by atoms with Crippen molar-refractivity contribution in [2.24, 2.45) is 0 Å². The summed E-state index contributed by atoms with van der Waals surface area (Å²) in [6, 6.07) is 22.8. The minimum absolute atomic E-state index is 0.0245. The van der Waals surface area contributed by atoms with Gasteiger partial charge in [-0.1, -0.05) is 77.8 Å². The predicted molar refractivity (Wildman–Crippen MR) is 133 cm³/mol. The molecule has 0 spiro atoms. The first-order valence-electron chi connectivity index (χ1n) is 11.1. The van der Waals surface area contributed by atoms with Gasteiger partial charge >= 0.3 is 5.97 Å². The summed E-state index contributed by atoms with van der Waals surface area (Å²) in [5.41, 5.74) is 3.36. The van der Waals surface area contributed by atoms with E-state index in [1.54, 1.807) is 18.6 Å². The zero-order chi connectivity index (χ0) is 24.3. The van der Waals surface area contributed by atoms with Crippen molar-refractivity contribution in [3.05, 3.63) is 113 Å². The molecule has 0 aliphatic carbocycles. The Labute approximate surface area is 213 Å². The van der Waals surface area contributed by atoms with Crippen LogP contribution < -0.4 is 0 Å². The van der Waals surface area contributed by atoms with Crippen molar-refractivity contribution in [3.63, 3.8) is 0 Å². The van der Waals surface area contributed by atoms with E-state index in [-0.39, 0.29) is 18.8 Å². The lowest BCUT2D eigenvalue weighted by molar-refractivity contribution is -0.190. The standard InChI is InChI=1S/C27H22Cl2N2O4/c28-23-12-21(13-24(29)14-23)26(32)33-15-25-16-34-27(35-25,17-31-11-10-30-18-31)22-8-6-20(7-9-22)19-4-2-1-3-5-19/h1-14,18,25H,15-17H2/t25-,27-/m0/s1. The van der Waals surface area contributed by atoms with Crippen LogP contribution in [-0.4, -0.2) is 34.8 Å². The van der Waals surface area contributed by atoms with Gasteiger partial charge in [0.1, 0.15) is 12.7 Å². The SMILES string of the molecule is O=C(OC[C@H]1CO[C@](Cn2ccnc2)(c2ccc(-c3ccccc3)cc2)O1)c1cc(Cl)cc(Cl)c1. The molecule has 0 radical (unpaired) electrons. The van der Waals surface area contributed by atoms with Crippen LogP contribution in [0.3, 0.4) is 0 Å². The minimum Gasteiger partial charge on any atom is -0.459 e. The topological polar surface area (TPSA) is 62.6 Å². The van der Waals surface area contributed by atoms with Gasteiger partial charge in [0.2, 0.25) is 5.79 Å². The zero-order valence-electron chi connectivity index (χ0n) is 18.6. The fourth-order valence-electron chi connectivity index (χ4n) is 4.06. The first-order chi connectivity index (χ1) is 17.0. The van der Waals surface area contributed by atoms with Gasteiger partial charge in [-0.25, -0.2) is 9.78 Å². The van der Waals surface area contributed by atoms with Gasteiger partial charge in [0.15, 0.2) is 0 Å². The maximum absolute atomic E-state index is 12.5. The van der Waals surface area contributed by atoms with Gasteiger partial charge in [0.05, 0.1) is 25.0 Å². The molecule has 0 bridgehead atoms. The fraction of sp³-hybridized carbons (Fsp3) is 0.185. The van der Waals surface area contributed by atoms with E-state index in [4.69, 9.17) is 37.4 Å². The van der Waals surface area contributed by atoms with E-state index in [1.807, 2.05) is 53.2 Å². The van der Waals surface area contributed by atoms with E-state index in [2.05, 4.69) is 17.1 Å². The van der Waals surface area contributed by atoms with Crippen molar-refractivity contribution in [1.82, 2.24) is 9.55 Å². The second-order valence-electron chi connectivity index (χ2n) is 8.24. The summed E-state index contributed by atoms with van der Waals surface area (Å²) < 4.78 is 20.0. The van der Waals surface area contributed by atoms with Gasteiger partial charge in [0.25, 0.3) is 0 Å². The molecule has 5 rings (SSSR count). The highest BCUT2D eigenvalue weighted by molar-refractivity contribution is 6.35. The Bertz CT molecular complexity index is 1280. The molecular formula is C27H22Cl2N2O4. The second-order valence-corrected chi connectivity index (χ2v) is 9.11. The van der Waals surface area contributed by atoms with Crippen LogP contribution in [0.2, 0.25) is 10.0 Å². The summed E-state index contributed by atoms with van der Waals surface area (Å²) in [7, 11) is 0. The molecule has 1 saturated heterocycles. The third-order valence-electron chi connectivity index (χ3n) is 5.74. The Morgan fingerprint density at radius 2 is 1.74 bits per heavy atom. The average Bonchev–Trinajstić information content (AvgIpc) is 3.53. The van der Waals surface area contributed by atoms with E-state index >= 15 is 0 Å². The molecule has 0 amide bonds. The maximum atomic E-state index is 12.5. The van der Waals surface area contributed by atoms with E-state index in [0.717, 1.165) is 16.7 Å². The number of benzene rings is 3. The van der Waals surface area contributed by atoms with Crippen LogP contribution in [0.25, 0.3) is 11.1 Å². The van der Waals surface area contributed by atoms with E-state index in [1.165, 1.54) is 12.1 Å². The Balaban J connectivity index is 1.33. The van der Waals surface area contributed by atoms with Gasteiger partial charge in [0, 0.05) is 28.0 Å². The van der Waals surface area contributed by atoms with Crippen LogP contribution in [0.4, 0.5) is 0 Å². The van der Waals surface area contributed by atoms with Gasteiger partial charge in [-0.05, 0) is 29.3 Å². The minimum atomic E-state index is -1.05. The van der Waals surface area contributed by atoms with Crippen LogP contribution in [0.1, 0.15) is 15.9 Å². The number of aromatic nitrogens is 2. The number of hydrogen-bond acceptors (Lipinski definition) is 5. The van der Waals surface area contributed by atoms with Gasteiger partial charge < -0.3 is 18.8 Å². The lowest BCUT2D eigenvalue weighted by Gasteiger charge is -2.29. The van der Waals surface area contributed by atoms with Gasteiger partial charge in [-0.2, -0.15) is 0 Å². The van der Waals surface area contributed by atoms with E-state index < -0.39 is 17.9 Å². The predicted octanol–water partition coefficient (Wildman–Crippen LogP) is 5.98. The van der Waals surface area contributed by atoms with E-state index in [9.17, 15) is 4.79 Å². The van der Waals surface area contributed by atoms with Crippen molar-refractivity contribution >= 4 is 29.2 Å². The summed E-state index contributed by atoms with van der Waals surface area (Å²) in [5.74, 6) is -1.58. The summed E-state index contributed by atoms with van der Waals surface area (Å²) in [4.78, 5) is 16.6. The van der Waals surface area contributed by atoms with Crippen molar-refractivity contribution in [2.45, 2.75) is 18.4 Å². The lowest BCUT2D eigenvalue weighted by atomic mass is 10.00. The molecule has 2 atom stereocenters. The van der Waals surface area contributed by atoms with Crippen LogP contribution in [0.15, 0.2) is 91.5 Å². The number of imidazole rings is 1. The molecule has 1 aromatic heterocycles. The lowest BCUT2D eigenvalue weighted by Crippen LogP contribution is -2.34. The van der Waals surface area contributed by atoms with Crippen LogP contribution in [0.5, 0.6) is 0 Å². The number of esters is 1. The molecule has 6 nitrogen and oxygen atoms in total. The average molecular weight is 509 g/mol. The smallest absolute Gasteiger partial charge is 0.338 e. The van der Waals surface area contributed by atoms with Crippen molar-refractivity contribution in [3.8, 4) is 11.1 Å². The molecule has 4 aromatic rings. The summed E-state index contributed by atoms with van der Waals surface area (Å²) >= 11 is 12.0. The molecular weight excluding hydrogens is 487 g/mol. The summed E-state index contributed by atoms with van der Waals surface area (Å²) in [6.45, 7) is 0.682. The number of nitrogens with zero attached hydrogens (tertiary/aromatic N) is 2. The highest BCUT2D eigenvalue weighted by atomic mass is 35.5. The quantitative estimate of drug-likeness (QED) is 0.287. The first kappa shape index (κ1) is 23.6. The number of rotatable bonds is 7. The molecule has 178 valence electrons. The second kappa shape index (κ2) is 10.2. The molecule has 0 saturated carbocycles. The number of halogens is 2. The number of ether oxygens (including phenoxy) is 3. The largest absolute Gasteiger partial charge is 0.459 e. The van der Waals surface area contributed by atoms with Crippen molar-refractivity contribution in [2.75, 3.05) is 13.2 Å². The monoisotopic (exact) mass is 508 g/mol. The molecule has 0 unspecified atom stereocenters. The Kier molecular flexibility index (Phi) is 6.88. The number of carbonyl (C=O) groups is 1. The first-order valence-corrected chi connectivity index (χ1v) is 11.8. The molecule has 8 heteroatoms. The molecule has 1 aliphatic heterocycles. The molecule has 2 heterocycles. The Hall–Kier alpha value is -3.16. The van der Waals surface area contributed by atoms with Crippen LogP contribution in [-0.2, 0) is 26.5 Å². The van der Waals surface area contributed by atoms with Crippen LogP contribution in [0, 0.1) is 0 Å².